The molecule has 1 fully saturated rings. The van der Waals surface area contributed by atoms with Crippen LogP contribution in [0.5, 0.6) is 0 Å². The molecule has 2 heterocycles. The van der Waals surface area contributed by atoms with Crippen LogP contribution in [0.2, 0.25) is 5.02 Å². The number of benzene rings is 1. The van der Waals surface area contributed by atoms with E-state index in [1.165, 1.54) is 24.5 Å². The van der Waals surface area contributed by atoms with Gasteiger partial charge in [0, 0.05) is 31.9 Å². The van der Waals surface area contributed by atoms with E-state index in [-0.39, 0.29) is 22.9 Å². The number of carbonyl (C=O) groups excluding carboxylic acids is 2. The Labute approximate surface area is 155 Å². The van der Waals surface area contributed by atoms with Crippen molar-refractivity contribution in [1.82, 2.24) is 9.80 Å². The Morgan fingerprint density at radius 2 is 1.96 bits per heavy atom. The van der Waals surface area contributed by atoms with Gasteiger partial charge in [-0.3, -0.25) is 14.5 Å². The van der Waals surface area contributed by atoms with Gasteiger partial charge in [-0.25, -0.2) is 4.39 Å². The third-order valence-corrected chi connectivity index (χ3v) is 4.74. The van der Waals surface area contributed by atoms with Crippen molar-refractivity contribution in [3.05, 3.63) is 53.2 Å². The van der Waals surface area contributed by atoms with Gasteiger partial charge in [0.15, 0.2) is 5.76 Å². The molecule has 2 aromatic rings. The lowest BCUT2D eigenvalue weighted by molar-refractivity contribution is -0.121. The van der Waals surface area contributed by atoms with Crippen LogP contribution in [0, 0.1) is 5.82 Å². The largest absolute Gasteiger partial charge is 0.459 e. The van der Waals surface area contributed by atoms with Crippen LogP contribution in [0.15, 0.2) is 41.0 Å². The molecule has 0 spiro atoms. The van der Waals surface area contributed by atoms with Crippen molar-refractivity contribution >= 4 is 29.1 Å². The second-order valence-electron chi connectivity index (χ2n) is 6.10. The molecule has 1 aromatic heterocycles. The topological polar surface area (TPSA) is 65.8 Å². The van der Waals surface area contributed by atoms with Crippen molar-refractivity contribution in [2.24, 2.45) is 0 Å². The molecule has 1 aliphatic heterocycles. The number of furan rings is 1. The van der Waals surface area contributed by atoms with Crippen LogP contribution in [0.4, 0.5) is 10.1 Å². The molecule has 0 unspecified atom stereocenters. The highest BCUT2D eigenvalue weighted by atomic mass is 35.5. The molecule has 3 rings (SSSR count). The molecule has 1 aliphatic rings. The van der Waals surface area contributed by atoms with Crippen LogP contribution in [-0.2, 0) is 4.79 Å². The Kier molecular flexibility index (Phi) is 5.58. The maximum atomic E-state index is 13.2. The normalized spacial score (nSPS) is 16.3. The van der Waals surface area contributed by atoms with Gasteiger partial charge in [-0.15, -0.1) is 0 Å². The fourth-order valence-electron chi connectivity index (χ4n) is 2.85. The maximum Gasteiger partial charge on any atom is 0.289 e. The number of nitrogens with one attached hydrogen (secondary N) is 1. The molecule has 0 radical (unpaired) electrons. The second-order valence-corrected chi connectivity index (χ2v) is 6.51. The summed E-state index contributed by atoms with van der Waals surface area (Å²) in [5.41, 5.74) is 0.444. The van der Waals surface area contributed by atoms with E-state index < -0.39 is 5.82 Å². The van der Waals surface area contributed by atoms with Crippen molar-refractivity contribution in [3.63, 3.8) is 0 Å². The Morgan fingerprint density at radius 3 is 2.58 bits per heavy atom. The van der Waals surface area contributed by atoms with E-state index in [4.69, 9.17) is 16.0 Å². The van der Waals surface area contributed by atoms with Crippen LogP contribution in [0.25, 0.3) is 0 Å². The SMILES string of the molecule is C[C@H](C(=O)Nc1ccc(F)c(Cl)c1)N1CCN(C(=O)c2ccco2)CC1. The predicted molar refractivity (Wildman–Crippen MR) is 95.7 cm³/mol. The quantitative estimate of drug-likeness (QED) is 0.887. The molecule has 1 N–H and O–H groups in total. The molecular formula is C18H19ClFN3O3. The number of hydrogen-bond donors (Lipinski definition) is 1. The number of halogens is 2. The van der Waals surface area contributed by atoms with E-state index in [1.807, 2.05) is 4.90 Å². The summed E-state index contributed by atoms with van der Waals surface area (Å²) in [5.74, 6) is -0.571. The van der Waals surface area contributed by atoms with E-state index in [0.717, 1.165) is 0 Å². The van der Waals surface area contributed by atoms with E-state index >= 15 is 0 Å². The third kappa shape index (κ3) is 4.05. The van der Waals surface area contributed by atoms with Gasteiger partial charge in [0.2, 0.25) is 5.91 Å². The first-order valence-electron chi connectivity index (χ1n) is 8.28. The third-order valence-electron chi connectivity index (χ3n) is 4.45. The minimum atomic E-state index is -0.532. The Morgan fingerprint density at radius 1 is 1.23 bits per heavy atom. The van der Waals surface area contributed by atoms with Gasteiger partial charge in [-0.05, 0) is 37.3 Å². The molecule has 138 valence electrons. The van der Waals surface area contributed by atoms with Crippen LogP contribution in [0.3, 0.4) is 0 Å². The average molecular weight is 380 g/mol. The highest BCUT2D eigenvalue weighted by molar-refractivity contribution is 6.31. The number of piperazine rings is 1. The fourth-order valence-corrected chi connectivity index (χ4v) is 3.04. The zero-order chi connectivity index (χ0) is 18.7. The summed E-state index contributed by atoms with van der Waals surface area (Å²) in [5, 5.41) is 2.69. The number of nitrogens with zero attached hydrogens (tertiary/aromatic N) is 2. The summed E-state index contributed by atoms with van der Waals surface area (Å²) in [6.45, 7) is 3.97. The number of amides is 2. The summed E-state index contributed by atoms with van der Waals surface area (Å²) in [6, 6.07) is 6.98. The van der Waals surface area contributed by atoms with Crippen molar-refractivity contribution in [2.75, 3.05) is 31.5 Å². The first-order valence-corrected chi connectivity index (χ1v) is 8.66. The molecule has 0 bridgehead atoms. The van der Waals surface area contributed by atoms with Crippen molar-refractivity contribution in [1.29, 1.82) is 0 Å². The van der Waals surface area contributed by atoms with Gasteiger partial charge < -0.3 is 14.6 Å². The lowest BCUT2D eigenvalue weighted by Crippen LogP contribution is -2.54. The minimum absolute atomic E-state index is 0.0412. The molecule has 1 aromatic carbocycles. The minimum Gasteiger partial charge on any atom is -0.459 e. The van der Waals surface area contributed by atoms with Crippen LogP contribution >= 0.6 is 11.6 Å². The Bertz CT molecular complexity index is 789. The standard InChI is InChI=1S/C18H19ClFN3O3/c1-12(17(24)21-13-4-5-15(20)14(19)11-13)22-6-8-23(9-7-22)18(25)16-3-2-10-26-16/h2-5,10-12H,6-9H2,1H3,(H,21,24)/t12-/m1/s1. The molecule has 6 nitrogen and oxygen atoms in total. The maximum absolute atomic E-state index is 13.2. The second kappa shape index (κ2) is 7.88. The summed E-state index contributed by atoms with van der Waals surface area (Å²) in [4.78, 5) is 28.4. The van der Waals surface area contributed by atoms with Gasteiger partial charge in [0.05, 0.1) is 17.3 Å². The lowest BCUT2D eigenvalue weighted by Gasteiger charge is -2.37. The van der Waals surface area contributed by atoms with Gasteiger partial charge in [0.25, 0.3) is 5.91 Å². The highest BCUT2D eigenvalue weighted by Crippen LogP contribution is 2.20. The van der Waals surface area contributed by atoms with Gasteiger partial charge in [0.1, 0.15) is 5.82 Å². The van der Waals surface area contributed by atoms with E-state index in [0.29, 0.717) is 37.6 Å². The number of hydrogen-bond acceptors (Lipinski definition) is 4. The van der Waals surface area contributed by atoms with Gasteiger partial charge in [-0.2, -0.15) is 0 Å². The Balaban J connectivity index is 1.54. The monoisotopic (exact) mass is 379 g/mol. The average Bonchev–Trinajstić information content (AvgIpc) is 3.18. The number of rotatable bonds is 4. The first kappa shape index (κ1) is 18.4. The van der Waals surface area contributed by atoms with E-state index in [2.05, 4.69) is 5.32 Å². The molecule has 0 aliphatic carbocycles. The van der Waals surface area contributed by atoms with E-state index in [9.17, 15) is 14.0 Å². The molecular weight excluding hydrogens is 361 g/mol. The zero-order valence-corrected chi connectivity index (χ0v) is 15.0. The number of carbonyl (C=O) groups is 2. The molecule has 1 atom stereocenters. The fraction of sp³-hybridized carbons (Fsp3) is 0.333. The van der Waals surface area contributed by atoms with Crippen LogP contribution < -0.4 is 5.32 Å². The zero-order valence-electron chi connectivity index (χ0n) is 14.2. The molecule has 26 heavy (non-hydrogen) atoms. The van der Waals surface area contributed by atoms with Crippen molar-refractivity contribution < 1.29 is 18.4 Å². The molecule has 1 saturated heterocycles. The smallest absolute Gasteiger partial charge is 0.289 e. The van der Waals surface area contributed by atoms with Crippen LogP contribution in [0.1, 0.15) is 17.5 Å². The summed E-state index contributed by atoms with van der Waals surface area (Å²) < 4.78 is 18.3. The molecule has 0 saturated carbocycles. The summed E-state index contributed by atoms with van der Waals surface area (Å²) >= 11 is 5.73. The summed E-state index contributed by atoms with van der Waals surface area (Å²) in [6.07, 6.45) is 1.47. The molecule has 2 amide bonds. The van der Waals surface area contributed by atoms with Gasteiger partial charge >= 0.3 is 0 Å². The van der Waals surface area contributed by atoms with Gasteiger partial charge in [-0.1, -0.05) is 11.6 Å². The van der Waals surface area contributed by atoms with Crippen molar-refractivity contribution in [3.8, 4) is 0 Å². The highest BCUT2D eigenvalue weighted by Gasteiger charge is 2.28. The molecule has 8 heteroatoms. The predicted octanol–water partition coefficient (Wildman–Crippen LogP) is 2.86. The van der Waals surface area contributed by atoms with E-state index in [1.54, 1.807) is 24.0 Å². The summed E-state index contributed by atoms with van der Waals surface area (Å²) in [7, 11) is 0. The van der Waals surface area contributed by atoms with Crippen molar-refractivity contribution in [2.45, 2.75) is 13.0 Å². The lowest BCUT2D eigenvalue weighted by atomic mass is 10.2. The first-order chi connectivity index (χ1) is 12.5. The Hall–Kier alpha value is -2.38. The van der Waals surface area contributed by atoms with Crippen LogP contribution in [-0.4, -0.2) is 53.8 Å². The number of anilines is 1.